The number of carbonyl (C=O) groups is 1. The standard InChI is InChI=1S/C26H19ClO4/c1-16-8-10-18(11-9-16)12-13-23(28)31-26-24(29)20-15-21(27)17(2)14-22(20)30-25(26)19-6-4-3-5-7-19/h3-15H,1-2H3/b13-12+. The first-order valence-corrected chi connectivity index (χ1v) is 10.1. The smallest absolute Gasteiger partial charge is 0.336 e. The number of esters is 1. The average Bonchev–Trinajstić information content (AvgIpc) is 2.77. The summed E-state index contributed by atoms with van der Waals surface area (Å²) in [4.78, 5) is 25.7. The van der Waals surface area contributed by atoms with Gasteiger partial charge in [0, 0.05) is 16.7 Å². The zero-order chi connectivity index (χ0) is 22.0. The normalized spacial score (nSPS) is 11.2. The van der Waals surface area contributed by atoms with Gasteiger partial charge in [0.25, 0.3) is 0 Å². The van der Waals surface area contributed by atoms with Gasteiger partial charge in [-0.2, -0.15) is 0 Å². The number of aryl methyl sites for hydroxylation is 2. The van der Waals surface area contributed by atoms with E-state index in [0.717, 1.165) is 16.7 Å². The van der Waals surface area contributed by atoms with E-state index in [4.69, 9.17) is 20.8 Å². The summed E-state index contributed by atoms with van der Waals surface area (Å²) in [5.41, 5.74) is 3.29. The van der Waals surface area contributed by atoms with E-state index >= 15 is 0 Å². The van der Waals surface area contributed by atoms with Gasteiger partial charge in [-0.05, 0) is 43.2 Å². The Labute approximate surface area is 184 Å². The Morgan fingerprint density at radius 1 is 1.00 bits per heavy atom. The fraction of sp³-hybridized carbons (Fsp3) is 0.0769. The Hall–Kier alpha value is -3.63. The van der Waals surface area contributed by atoms with Crippen molar-refractivity contribution in [2.24, 2.45) is 0 Å². The van der Waals surface area contributed by atoms with Crippen molar-refractivity contribution in [2.45, 2.75) is 13.8 Å². The summed E-state index contributed by atoms with van der Waals surface area (Å²) in [6.45, 7) is 3.81. The van der Waals surface area contributed by atoms with E-state index in [2.05, 4.69) is 0 Å². The van der Waals surface area contributed by atoms with E-state index in [1.165, 1.54) is 12.1 Å². The molecule has 0 atom stereocenters. The number of fused-ring (bicyclic) bond motifs is 1. The highest BCUT2D eigenvalue weighted by Gasteiger charge is 2.20. The molecular formula is C26H19ClO4. The molecule has 154 valence electrons. The van der Waals surface area contributed by atoms with Crippen molar-refractivity contribution in [1.82, 2.24) is 0 Å². The van der Waals surface area contributed by atoms with Crippen LogP contribution in [0.2, 0.25) is 5.02 Å². The summed E-state index contributed by atoms with van der Waals surface area (Å²) >= 11 is 6.20. The van der Waals surface area contributed by atoms with Crippen molar-refractivity contribution >= 4 is 34.6 Å². The second-order valence-corrected chi connectivity index (χ2v) is 7.63. The predicted molar refractivity (Wildman–Crippen MR) is 124 cm³/mol. The summed E-state index contributed by atoms with van der Waals surface area (Å²) in [7, 11) is 0. The van der Waals surface area contributed by atoms with Crippen LogP contribution in [-0.4, -0.2) is 5.97 Å². The van der Waals surface area contributed by atoms with E-state index < -0.39 is 11.4 Å². The van der Waals surface area contributed by atoms with E-state index in [1.807, 2.05) is 56.3 Å². The van der Waals surface area contributed by atoms with Crippen LogP contribution in [0.1, 0.15) is 16.7 Å². The van der Waals surface area contributed by atoms with Gasteiger partial charge < -0.3 is 9.15 Å². The molecule has 1 heterocycles. The number of halogens is 1. The van der Waals surface area contributed by atoms with Gasteiger partial charge in [-0.15, -0.1) is 0 Å². The van der Waals surface area contributed by atoms with Gasteiger partial charge >= 0.3 is 5.97 Å². The predicted octanol–water partition coefficient (Wildman–Crippen LogP) is 6.35. The third kappa shape index (κ3) is 4.44. The molecular weight excluding hydrogens is 412 g/mol. The third-order valence-corrected chi connectivity index (χ3v) is 5.26. The molecule has 0 aliphatic heterocycles. The monoisotopic (exact) mass is 430 g/mol. The Morgan fingerprint density at radius 3 is 2.42 bits per heavy atom. The average molecular weight is 431 g/mol. The number of hydrogen-bond acceptors (Lipinski definition) is 4. The number of ether oxygens (including phenoxy) is 1. The maximum Gasteiger partial charge on any atom is 0.336 e. The van der Waals surface area contributed by atoms with Gasteiger partial charge in [0.1, 0.15) is 5.58 Å². The molecule has 4 nitrogen and oxygen atoms in total. The van der Waals surface area contributed by atoms with Gasteiger partial charge in [0.15, 0.2) is 5.76 Å². The van der Waals surface area contributed by atoms with Crippen molar-refractivity contribution in [1.29, 1.82) is 0 Å². The number of carbonyl (C=O) groups excluding carboxylic acids is 1. The van der Waals surface area contributed by atoms with E-state index in [0.29, 0.717) is 16.2 Å². The highest BCUT2D eigenvalue weighted by atomic mass is 35.5. The first kappa shape index (κ1) is 20.6. The lowest BCUT2D eigenvalue weighted by molar-refractivity contribution is -0.129. The van der Waals surface area contributed by atoms with Gasteiger partial charge in [-0.25, -0.2) is 4.79 Å². The van der Waals surface area contributed by atoms with Crippen LogP contribution in [-0.2, 0) is 4.79 Å². The van der Waals surface area contributed by atoms with Crippen LogP contribution in [0.25, 0.3) is 28.4 Å². The summed E-state index contributed by atoms with van der Waals surface area (Å²) in [5.74, 6) is -0.656. The van der Waals surface area contributed by atoms with E-state index in [-0.39, 0.29) is 16.9 Å². The number of rotatable bonds is 4. The molecule has 4 aromatic rings. The Kier molecular flexibility index (Phi) is 5.74. The van der Waals surface area contributed by atoms with Gasteiger partial charge in [0.2, 0.25) is 11.2 Å². The molecule has 0 aliphatic rings. The van der Waals surface area contributed by atoms with Crippen molar-refractivity contribution < 1.29 is 13.9 Å². The van der Waals surface area contributed by atoms with Crippen LogP contribution >= 0.6 is 11.6 Å². The summed E-state index contributed by atoms with van der Waals surface area (Å²) in [6.07, 6.45) is 2.91. The summed E-state index contributed by atoms with van der Waals surface area (Å²) in [5, 5.41) is 0.685. The molecule has 0 radical (unpaired) electrons. The minimum Gasteiger partial charge on any atom is -0.452 e. The Morgan fingerprint density at radius 2 is 1.71 bits per heavy atom. The summed E-state index contributed by atoms with van der Waals surface area (Å²) < 4.78 is 11.5. The van der Waals surface area contributed by atoms with Crippen LogP contribution in [0.4, 0.5) is 0 Å². The number of hydrogen-bond donors (Lipinski definition) is 0. The van der Waals surface area contributed by atoms with E-state index in [1.54, 1.807) is 24.3 Å². The molecule has 3 aromatic carbocycles. The molecule has 0 N–H and O–H groups in total. The van der Waals surface area contributed by atoms with Crippen LogP contribution in [0.5, 0.6) is 5.75 Å². The molecule has 0 amide bonds. The zero-order valence-electron chi connectivity index (χ0n) is 17.0. The molecule has 0 saturated carbocycles. The van der Waals surface area contributed by atoms with Gasteiger partial charge in [-0.3, -0.25) is 4.79 Å². The Bertz CT molecular complexity index is 1350. The lowest BCUT2D eigenvalue weighted by atomic mass is 10.1. The second-order valence-electron chi connectivity index (χ2n) is 7.22. The fourth-order valence-corrected chi connectivity index (χ4v) is 3.31. The molecule has 4 rings (SSSR count). The third-order valence-electron chi connectivity index (χ3n) is 4.86. The maximum atomic E-state index is 13.2. The van der Waals surface area contributed by atoms with Crippen molar-refractivity contribution in [2.75, 3.05) is 0 Å². The van der Waals surface area contributed by atoms with Crippen molar-refractivity contribution in [3.05, 3.63) is 105 Å². The lowest BCUT2D eigenvalue weighted by Gasteiger charge is -2.10. The molecule has 0 saturated heterocycles. The quantitative estimate of drug-likeness (QED) is 0.279. The molecule has 0 aliphatic carbocycles. The van der Waals surface area contributed by atoms with Crippen LogP contribution < -0.4 is 10.2 Å². The van der Waals surface area contributed by atoms with Crippen LogP contribution in [0, 0.1) is 13.8 Å². The minimum atomic E-state index is -0.678. The minimum absolute atomic E-state index is 0.169. The topological polar surface area (TPSA) is 56.5 Å². The van der Waals surface area contributed by atoms with Crippen molar-refractivity contribution in [3.8, 4) is 17.1 Å². The molecule has 0 fully saturated rings. The molecule has 0 spiro atoms. The number of benzene rings is 3. The van der Waals surface area contributed by atoms with Crippen molar-refractivity contribution in [3.63, 3.8) is 0 Å². The fourth-order valence-electron chi connectivity index (χ4n) is 3.15. The molecule has 0 bridgehead atoms. The first-order chi connectivity index (χ1) is 14.9. The highest BCUT2D eigenvalue weighted by Crippen LogP contribution is 2.32. The first-order valence-electron chi connectivity index (χ1n) is 9.71. The molecule has 1 aromatic heterocycles. The van der Waals surface area contributed by atoms with Crippen LogP contribution in [0.3, 0.4) is 0 Å². The molecule has 31 heavy (non-hydrogen) atoms. The zero-order valence-corrected chi connectivity index (χ0v) is 17.8. The van der Waals surface area contributed by atoms with E-state index in [9.17, 15) is 9.59 Å². The van der Waals surface area contributed by atoms with Gasteiger partial charge in [-0.1, -0.05) is 71.8 Å². The lowest BCUT2D eigenvalue weighted by Crippen LogP contribution is -2.14. The molecule has 5 heteroatoms. The largest absolute Gasteiger partial charge is 0.452 e. The SMILES string of the molecule is Cc1ccc(/C=C/C(=O)Oc2c(-c3ccccc3)oc3cc(C)c(Cl)cc3c2=O)cc1. The maximum absolute atomic E-state index is 13.2. The van der Waals surface area contributed by atoms with Crippen LogP contribution in [0.15, 0.2) is 82.0 Å². The highest BCUT2D eigenvalue weighted by molar-refractivity contribution is 6.32. The summed E-state index contributed by atoms with van der Waals surface area (Å²) in [6, 6.07) is 20.0. The molecule has 0 unspecified atom stereocenters. The van der Waals surface area contributed by atoms with Gasteiger partial charge in [0.05, 0.1) is 5.39 Å². The Balaban J connectivity index is 1.78. The second kappa shape index (κ2) is 8.62.